The normalized spacial score (nSPS) is 22.3. The van der Waals surface area contributed by atoms with E-state index in [1.165, 1.54) is 0 Å². The van der Waals surface area contributed by atoms with Gasteiger partial charge in [-0.1, -0.05) is 27.7 Å². The summed E-state index contributed by atoms with van der Waals surface area (Å²) < 4.78 is 25.4. The molecular weight excluding hydrogens is 416 g/mol. The van der Waals surface area contributed by atoms with E-state index in [4.69, 9.17) is 0 Å². The van der Waals surface area contributed by atoms with Crippen molar-refractivity contribution in [3.8, 4) is 0 Å². The van der Waals surface area contributed by atoms with Gasteiger partial charge in [-0.2, -0.15) is 0 Å². The predicted octanol–water partition coefficient (Wildman–Crippen LogP) is 4.98. The van der Waals surface area contributed by atoms with Crippen molar-refractivity contribution >= 4 is 21.6 Å². The highest BCUT2D eigenvalue weighted by atomic mass is 32.2. The highest BCUT2D eigenvalue weighted by molar-refractivity contribution is 7.93. The Morgan fingerprint density at radius 3 is 1.43 bits per heavy atom. The summed E-state index contributed by atoms with van der Waals surface area (Å²) in [6, 6.07) is 0. The van der Waals surface area contributed by atoms with Crippen LogP contribution in [-0.4, -0.2) is 31.8 Å². The number of hydrogen-bond acceptors (Lipinski definition) is 4. The second-order valence-electron chi connectivity index (χ2n) is 9.63. The molecule has 168 valence electrons. The Kier molecular flexibility index (Phi) is 9.22. The Bertz CT molecular complexity index is 758. The maximum absolute atomic E-state index is 12.7. The lowest BCUT2D eigenvalue weighted by atomic mass is 9.88. The monoisotopic (exact) mass is 452 g/mol. The molecule has 2 aliphatic rings. The van der Waals surface area contributed by atoms with E-state index >= 15 is 0 Å². The zero-order valence-electron chi connectivity index (χ0n) is 18.6. The standard InChI is InChI=1S/C24H36O4S2/c1-23(2,17-25)15-5-7-19-9-11-21(29(19)27)13-14-22-12-10-20(30(22)28)8-6-16-24(3,4)18-26/h9-14,25-26H,5-8,15-18H2,1-4H3/b14-13+. The van der Waals surface area contributed by atoms with Crippen LogP contribution in [0.3, 0.4) is 0 Å². The molecule has 4 nitrogen and oxygen atoms in total. The van der Waals surface area contributed by atoms with Crippen LogP contribution < -0.4 is 0 Å². The van der Waals surface area contributed by atoms with E-state index in [1.54, 1.807) is 0 Å². The van der Waals surface area contributed by atoms with Crippen LogP contribution in [0.2, 0.25) is 0 Å². The molecule has 0 saturated carbocycles. The Balaban J connectivity index is 1.80. The highest BCUT2D eigenvalue weighted by Crippen LogP contribution is 2.31. The lowest BCUT2D eigenvalue weighted by molar-refractivity contribution is 0.148. The summed E-state index contributed by atoms with van der Waals surface area (Å²) in [6.07, 6.45) is 16.3. The molecule has 0 aromatic rings. The van der Waals surface area contributed by atoms with Gasteiger partial charge in [0.15, 0.2) is 0 Å². The van der Waals surface area contributed by atoms with Crippen LogP contribution in [0.15, 0.2) is 56.1 Å². The Morgan fingerprint density at radius 1 is 0.733 bits per heavy atom. The quantitative estimate of drug-likeness (QED) is 0.438. The minimum Gasteiger partial charge on any atom is -0.396 e. The van der Waals surface area contributed by atoms with Crippen LogP contribution in [-0.2, 0) is 21.6 Å². The van der Waals surface area contributed by atoms with Gasteiger partial charge in [0.05, 0.1) is 21.6 Å². The second-order valence-corrected chi connectivity index (χ2v) is 12.7. The smallest absolute Gasteiger partial charge is 0.0808 e. The molecule has 2 heterocycles. The molecule has 2 aliphatic heterocycles. The summed E-state index contributed by atoms with van der Waals surface area (Å²) in [5, 5.41) is 18.7. The van der Waals surface area contributed by atoms with Gasteiger partial charge < -0.3 is 10.2 Å². The van der Waals surface area contributed by atoms with Gasteiger partial charge >= 0.3 is 0 Å². The first-order valence-corrected chi connectivity index (χ1v) is 12.9. The van der Waals surface area contributed by atoms with Crippen molar-refractivity contribution in [1.29, 1.82) is 0 Å². The van der Waals surface area contributed by atoms with Crippen LogP contribution in [0.4, 0.5) is 0 Å². The molecule has 0 fully saturated rings. The van der Waals surface area contributed by atoms with Crippen molar-refractivity contribution in [1.82, 2.24) is 0 Å². The van der Waals surface area contributed by atoms with Crippen molar-refractivity contribution in [2.45, 2.75) is 66.2 Å². The Labute approximate surface area is 186 Å². The predicted molar refractivity (Wildman–Crippen MR) is 127 cm³/mol. The van der Waals surface area contributed by atoms with Gasteiger partial charge in [-0.3, -0.25) is 0 Å². The van der Waals surface area contributed by atoms with Gasteiger partial charge in [-0.25, -0.2) is 8.42 Å². The average Bonchev–Trinajstić information content (AvgIpc) is 3.23. The number of rotatable bonds is 12. The molecule has 0 amide bonds. The summed E-state index contributed by atoms with van der Waals surface area (Å²) in [5.41, 5.74) is -0.206. The summed E-state index contributed by atoms with van der Waals surface area (Å²) >= 11 is 0. The van der Waals surface area contributed by atoms with Crippen molar-refractivity contribution in [3.05, 3.63) is 56.1 Å². The van der Waals surface area contributed by atoms with Crippen molar-refractivity contribution in [2.75, 3.05) is 13.2 Å². The van der Waals surface area contributed by atoms with Crippen LogP contribution in [0.1, 0.15) is 66.2 Å². The van der Waals surface area contributed by atoms with Gasteiger partial charge in [0.1, 0.15) is 0 Å². The van der Waals surface area contributed by atoms with Gasteiger partial charge in [0.25, 0.3) is 0 Å². The second kappa shape index (κ2) is 11.0. The van der Waals surface area contributed by atoms with E-state index in [2.05, 4.69) is 0 Å². The van der Waals surface area contributed by atoms with E-state index in [0.717, 1.165) is 58.1 Å². The number of aliphatic hydroxyl groups excluding tert-OH is 2. The minimum absolute atomic E-state index is 0.103. The fraction of sp³-hybridized carbons (Fsp3) is 0.583. The first kappa shape index (κ1) is 25.2. The molecule has 0 radical (unpaired) electrons. The van der Waals surface area contributed by atoms with E-state index in [0.29, 0.717) is 0 Å². The third-order valence-corrected chi connectivity index (χ3v) is 8.63. The Hall–Kier alpha value is -1.08. The molecule has 0 aromatic heterocycles. The molecule has 0 bridgehead atoms. The summed E-state index contributed by atoms with van der Waals surface area (Å²) in [5.74, 6) is 0. The third kappa shape index (κ3) is 7.26. The first-order valence-electron chi connectivity index (χ1n) is 10.6. The van der Waals surface area contributed by atoms with E-state index in [-0.39, 0.29) is 24.0 Å². The molecular formula is C24H36O4S2. The van der Waals surface area contributed by atoms with E-state index < -0.39 is 21.6 Å². The molecule has 30 heavy (non-hydrogen) atoms. The number of allylic oxidation sites excluding steroid dienone is 8. The molecule has 0 aliphatic carbocycles. The molecule has 0 spiro atoms. The SMILES string of the molecule is CC(C)(CO)CCCC1=CC=C(/C=C/C2=CC=C(CCCC(C)(C)CO)S2=O)S1=O. The van der Waals surface area contributed by atoms with E-state index in [9.17, 15) is 18.6 Å². The number of hydrogen-bond donors (Lipinski definition) is 2. The fourth-order valence-electron chi connectivity index (χ4n) is 3.29. The maximum Gasteiger partial charge on any atom is 0.0808 e. The van der Waals surface area contributed by atoms with Crippen molar-refractivity contribution in [2.24, 2.45) is 10.8 Å². The minimum atomic E-state index is -1.16. The molecule has 6 heteroatoms. The Morgan fingerprint density at radius 2 is 1.10 bits per heavy atom. The third-order valence-electron chi connectivity index (χ3n) is 5.59. The molecule has 2 N–H and O–H groups in total. The molecule has 2 unspecified atom stereocenters. The molecule has 0 saturated heterocycles. The zero-order chi connectivity index (χ0) is 22.4. The van der Waals surface area contributed by atoms with Crippen LogP contribution >= 0.6 is 0 Å². The van der Waals surface area contributed by atoms with Crippen LogP contribution in [0, 0.1) is 10.8 Å². The van der Waals surface area contributed by atoms with Crippen LogP contribution in [0.25, 0.3) is 0 Å². The van der Waals surface area contributed by atoms with Crippen molar-refractivity contribution < 1.29 is 18.6 Å². The molecule has 2 atom stereocenters. The first-order chi connectivity index (χ1) is 14.1. The molecule has 2 rings (SSSR count). The number of aliphatic hydroxyl groups is 2. The molecule has 0 aromatic carbocycles. The fourth-order valence-corrected chi connectivity index (χ4v) is 5.71. The zero-order valence-corrected chi connectivity index (χ0v) is 20.3. The maximum atomic E-state index is 12.7. The summed E-state index contributed by atoms with van der Waals surface area (Å²) in [7, 11) is -2.32. The topological polar surface area (TPSA) is 74.6 Å². The largest absolute Gasteiger partial charge is 0.396 e. The van der Waals surface area contributed by atoms with Gasteiger partial charge in [-0.15, -0.1) is 0 Å². The van der Waals surface area contributed by atoms with Gasteiger partial charge in [-0.05, 0) is 85.8 Å². The van der Waals surface area contributed by atoms with Crippen molar-refractivity contribution in [3.63, 3.8) is 0 Å². The van der Waals surface area contributed by atoms with Crippen LogP contribution in [0.5, 0.6) is 0 Å². The highest BCUT2D eigenvalue weighted by Gasteiger charge is 2.21. The van der Waals surface area contributed by atoms with E-state index in [1.807, 2.05) is 64.2 Å². The lowest BCUT2D eigenvalue weighted by Gasteiger charge is -2.21. The average molecular weight is 453 g/mol. The lowest BCUT2D eigenvalue weighted by Crippen LogP contribution is -2.16. The van der Waals surface area contributed by atoms with Gasteiger partial charge in [0.2, 0.25) is 0 Å². The van der Waals surface area contributed by atoms with Gasteiger partial charge in [0, 0.05) is 32.8 Å². The summed E-state index contributed by atoms with van der Waals surface area (Å²) in [4.78, 5) is 3.30. The summed E-state index contributed by atoms with van der Waals surface area (Å²) in [6.45, 7) is 8.44.